The number of hydrogen-bond donors (Lipinski definition) is 1. The molecule has 9 nitrogen and oxygen atoms in total. The molecule has 2 aromatic carbocycles. The number of nitro groups is 1. The second-order valence-corrected chi connectivity index (χ2v) is 7.42. The third-order valence-corrected chi connectivity index (χ3v) is 5.42. The molecule has 2 amide bonds. The number of anilines is 1. The standard InChI is InChI=1S/C22H24FN3O6/c1-13-16(23)9-14(10-18(13)26(29)30)21(27)24-17-12-20(32-3)19(31-2)11-15(17)22(28)25-7-5-4-6-8-25/h9-12H,4-8H2,1-3H3,(H,24,27). The molecular formula is C22H24FN3O6. The Morgan fingerprint density at radius 3 is 2.28 bits per heavy atom. The summed E-state index contributed by atoms with van der Waals surface area (Å²) >= 11 is 0. The highest BCUT2D eigenvalue weighted by Gasteiger charge is 2.25. The summed E-state index contributed by atoms with van der Waals surface area (Å²) in [4.78, 5) is 38.2. The average molecular weight is 445 g/mol. The number of methoxy groups -OCH3 is 2. The Morgan fingerprint density at radius 1 is 1.06 bits per heavy atom. The lowest BCUT2D eigenvalue weighted by atomic mass is 10.1. The number of hydrogen-bond acceptors (Lipinski definition) is 6. The van der Waals surface area contributed by atoms with Crippen molar-refractivity contribution in [3.63, 3.8) is 0 Å². The van der Waals surface area contributed by atoms with E-state index in [4.69, 9.17) is 9.47 Å². The Bertz CT molecular complexity index is 1070. The summed E-state index contributed by atoms with van der Waals surface area (Å²) in [5.41, 5.74) is -0.608. The number of ether oxygens (including phenoxy) is 2. The van der Waals surface area contributed by atoms with Crippen LogP contribution in [0.4, 0.5) is 15.8 Å². The van der Waals surface area contributed by atoms with Crippen LogP contribution in [0.5, 0.6) is 11.5 Å². The first kappa shape index (κ1) is 23.0. The fraction of sp³-hybridized carbons (Fsp3) is 0.364. The van der Waals surface area contributed by atoms with Crippen LogP contribution in [-0.4, -0.2) is 48.9 Å². The van der Waals surface area contributed by atoms with E-state index in [0.29, 0.717) is 18.8 Å². The lowest BCUT2D eigenvalue weighted by Crippen LogP contribution is -2.36. The summed E-state index contributed by atoms with van der Waals surface area (Å²) in [6, 6.07) is 4.83. The van der Waals surface area contributed by atoms with E-state index in [2.05, 4.69) is 5.32 Å². The molecular weight excluding hydrogens is 421 g/mol. The minimum Gasteiger partial charge on any atom is -0.493 e. The van der Waals surface area contributed by atoms with Crippen molar-refractivity contribution in [3.8, 4) is 11.5 Å². The molecule has 10 heteroatoms. The Hall–Kier alpha value is -3.69. The summed E-state index contributed by atoms with van der Waals surface area (Å²) in [6.45, 7) is 2.45. The molecule has 0 aromatic heterocycles. The SMILES string of the molecule is COc1cc(NC(=O)c2cc(F)c(C)c([N+](=O)[O-])c2)c(C(=O)N2CCCCC2)cc1OC. The first-order valence-corrected chi connectivity index (χ1v) is 10.1. The van der Waals surface area contributed by atoms with Gasteiger partial charge in [-0.3, -0.25) is 19.7 Å². The highest BCUT2D eigenvalue weighted by Crippen LogP contribution is 2.35. The molecule has 0 atom stereocenters. The van der Waals surface area contributed by atoms with Gasteiger partial charge in [0.1, 0.15) is 5.82 Å². The van der Waals surface area contributed by atoms with Crippen LogP contribution < -0.4 is 14.8 Å². The predicted octanol–water partition coefficient (Wildman–Crippen LogP) is 3.94. The van der Waals surface area contributed by atoms with Gasteiger partial charge in [0.15, 0.2) is 11.5 Å². The van der Waals surface area contributed by atoms with E-state index in [1.165, 1.54) is 33.3 Å². The average Bonchev–Trinajstić information content (AvgIpc) is 2.80. The zero-order valence-corrected chi connectivity index (χ0v) is 18.1. The van der Waals surface area contributed by atoms with Crippen LogP contribution in [0.25, 0.3) is 0 Å². The van der Waals surface area contributed by atoms with Crippen molar-refractivity contribution in [1.82, 2.24) is 4.90 Å². The third kappa shape index (κ3) is 4.63. The van der Waals surface area contributed by atoms with Crippen molar-refractivity contribution >= 4 is 23.2 Å². The molecule has 0 spiro atoms. The quantitative estimate of drug-likeness (QED) is 0.533. The van der Waals surface area contributed by atoms with Crippen LogP contribution in [0.3, 0.4) is 0 Å². The fourth-order valence-electron chi connectivity index (χ4n) is 3.61. The minimum absolute atomic E-state index is 0.131. The number of piperidine rings is 1. The van der Waals surface area contributed by atoms with Crippen molar-refractivity contribution in [3.05, 3.63) is 56.9 Å². The molecule has 1 aliphatic rings. The number of benzene rings is 2. The van der Waals surface area contributed by atoms with Crippen molar-refractivity contribution in [1.29, 1.82) is 0 Å². The van der Waals surface area contributed by atoms with E-state index in [1.54, 1.807) is 4.90 Å². The highest BCUT2D eigenvalue weighted by molar-refractivity contribution is 6.09. The summed E-state index contributed by atoms with van der Waals surface area (Å²) < 4.78 is 24.8. The molecule has 2 aromatic rings. The van der Waals surface area contributed by atoms with Crippen LogP contribution in [0.1, 0.15) is 45.5 Å². The number of halogens is 1. The second-order valence-electron chi connectivity index (χ2n) is 7.42. The lowest BCUT2D eigenvalue weighted by Gasteiger charge is -2.28. The van der Waals surface area contributed by atoms with Gasteiger partial charge in [-0.1, -0.05) is 0 Å². The summed E-state index contributed by atoms with van der Waals surface area (Å²) in [7, 11) is 2.84. The molecule has 1 saturated heterocycles. The zero-order chi connectivity index (χ0) is 23.4. The highest BCUT2D eigenvalue weighted by atomic mass is 19.1. The van der Waals surface area contributed by atoms with E-state index in [1.807, 2.05) is 0 Å². The van der Waals surface area contributed by atoms with Gasteiger partial charge in [-0.15, -0.1) is 0 Å². The Balaban J connectivity index is 2.01. The number of carbonyl (C=O) groups is 2. The number of nitrogens with one attached hydrogen (secondary N) is 1. The molecule has 0 aliphatic carbocycles. The molecule has 1 aliphatic heterocycles. The number of carbonyl (C=O) groups excluding carboxylic acids is 2. The van der Waals surface area contributed by atoms with E-state index in [9.17, 15) is 24.1 Å². The number of nitro benzene ring substituents is 1. The van der Waals surface area contributed by atoms with Gasteiger partial charge < -0.3 is 19.7 Å². The largest absolute Gasteiger partial charge is 0.493 e. The minimum atomic E-state index is -0.874. The van der Waals surface area contributed by atoms with Gasteiger partial charge >= 0.3 is 0 Å². The van der Waals surface area contributed by atoms with E-state index >= 15 is 0 Å². The first-order valence-electron chi connectivity index (χ1n) is 10.1. The normalized spacial score (nSPS) is 13.4. The van der Waals surface area contributed by atoms with E-state index < -0.39 is 22.3 Å². The summed E-state index contributed by atoms with van der Waals surface area (Å²) in [6.07, 6.45) is 2.80. The lowest BCUT2D eigenvalue weighted by molar-refractivity contribution is -0.385. The molecule has 32 heavy (non-hydrogen) atoms. The Labute approximate surface area is 184 Å². The third-order valence-electron chi connectivity index (χ3n) is 5.42. The van der Waals surface area contributed by atoms with Crippen LogP contribution in [0.2, 0.25) is 0 Å². The first-order chi connectivity index (χ1) is 15.3. The van der Waals surface area contributed by atoms with Gasteiger partial charge in [-0.25, -0.2) is 4.39 Å². The summed E-state index contributed by atoms with van der Waals surface area (Å²) in [5.74, 6) is -1.38. The van der Waals surface area contributed by atoms with Crippen LogP contribution in [0.15, 0.2) is 24.3 Å². The van der Waals surface area contributed by atoms with Crippen molar-refractivity contribution < 1.29 is 28.4 Å². The monoisotopic (exact) mass is 445 g/mol. The number of nitrogens with zero attached hydrogens (tertiary/aromatic N) is 2. The van der Waals surface area contributed by atoms with Crippen molar-refractivity contribution in [2.24, 2.45) is 0 Å². The molecule has 0 bridgehead atoms. The maximum atomic E-state index is 14.2. The number of likely N-dealkylation sites (tertiary alicyclic amines) is 1. The number of rotatable bonds is 6. The zero-order valence-electron chi connectivity index (χ0n) is 18.1. The Kier molecular flexibility index (Phi) is 6.92. The maximum Gasteiger partial charge on any atom is 0.276 e. The maximum absolute atomic E-state index is 14.2. The van der Waals surface area contributed by atoms with Crippen LogP contribution >= 0.6 is 0 Å². The van der Waals surface area contributed by atoms with Gasteiger partial charge in [0.05, 0.1) is 36.0 Å². The molecule has 0 saturated carbocycles. The van der Waals surface area contributed by atoms with Gasteiger partial charge in [-0.2, -0.15) is 0 Å². The van der Waals surface area contributed by atoms with Gasteiger partial charge in [-0.05, 0) is 38.3 Å². The second kappa shape index (κ2) is 9.63. The van der Waals surface area contributed by atoms with Gasteiger partial charge in [0, 0.05) is 30.8 Å². The fourth-order valence-corrected chi connectivity index (χ4v) is 3.61. The van der Waals surface area contributed by atoms with Crippen LogP contribution in [0, 0.1) is 22.9 Å². The van der Waals surface area contributed by atoms with Crippen LogP contribution in [-0.2, 0) is 0 Å². The van der Waals surface area contributed by atoms with E-state index in [0.717, 1.165) is 31.4 Å². The molecule has 1 heterocycles. The van der Waals surface area contributed by atoms with Gasteiger partial charge in [0.2, 0.25) is 0 Å². The van der Waals surface area contributed by atoms with Crippen molar-refractivity contribution in [2.45, 2.75) is 26.2 Å². The topological polar surface area (TPSA) is 111 Å². The smallest absolute Gasteiger partial charge is 0.276 e. The summed E-state index contributed by atoms with van der Waals surface area (Å²) in [5, 5.41) is 13.8. The molecule has 170 valence electrons. The van der Waals surface area contributed by atoms with E-state index in [-0.39, 0.29) is 34.0 Å². The Morgan fingerprint density at radius 2 is 1.69 bits per heavy atom. The molecule has 0 unspecified atom stereocenters. The van der Waals surface area contributed by atoms with Gasteiger partial charge in [0.25, 0.3) is 17.5 Å². The number of amides is 2. The van der Waals surface area contributed by atoms with Crippen molar-refractivity contribution in [2.75, 3.05) is 32.6 Å². The molecule has 1 N–H and O–H groups in total. The molecule has 1 fully saturated rings. The molecule has 0 radical (unpaired) electrons. The molecule has 3 rings (SSSR count). The predicted molar refractivity (Wildman–Crippen MR) is 115 cm³/mol.